The average molecular weight is 362 g/mol. The normalized spacial score (nSPS) is 10.5. The fourth-order valence-electron chi connectivity index (χ4n) is 1.95. The highest BCUT2D eigenvalue weighted by Gasteiger charge is 2.09. The van der Waals surface area contributed by atoms with E-state index in [2.05, 4.69) is 36.5 Å². The first kappa shape index (κ1) is 18.7. The van der Waals surface area contributed by atoms with Crippen molar-refractivity contribution in [2.75, 3.05) is 27.2 Å². The molecule has 0 saturated heterocycles. The number of carbonyl (C=O) groups excluding carboxylic acids is 1. The van der Waals surface area contributed by atoms with Gasteiger partial charge >= 0.3 is 0 Å². The molecule has 9 nitrogen and oxygen atoms in total. The molecule has 0 spiro atoms. The Morgan fingerprint density at radius 2 is 2.00 bits per heavy atom. The van der Waals surface area contributed by atoms with Gasteiger partial charge in [0.15, 0.2) is 5.11 Å². The van der Waals surface area contributed by atoms with Crippen molar-refractivity contribution in [2.24, 2.45) is 0 Å². The molecule has 0 aliphatic rings. The Labute approximate surface area is 151 Å². The van der Waals surface area contributed by atoms with Gasteiger partial charge in [-0.25, -0.2) is 0 Å². The van der Waals surface area contributed by atoms with E-state index in [4.69, 9.17) is 12.2 Å². The van der Waals surface area contributed by atoms with E-state index in [0.29, 0.717) is 10.9 Å². The minimum Gasteiger partial charge on any atom is -0.361 e. The number of hydrazine groups is 1. The third-order valence-electron chi connectivity index (χ3n) is 3.15. The lowest BCUT2D eigenvalue weighted by atomic mass is 10.2. The number of thiocarbonyl (C=S) groups is 1. The lowest BCUT2D eigenvalue weighted by molar-refractivity contribution is -0.122. The zero-order valence-corrected chi connectivity index (χ0v) is 15.1. The third kappa shape index (κ3) is 6.81. The van der Waals surface area contributed by atoms with E-state index in [1.54, 1.807) is 0 Å². The number of nitrogens with zero attached hydrogens (tertiary/aromatic N) is 5. The van der Waals surface area contributed by atoms with Crippen LogP contribution in [0.4, 0.5) is 0 Å². The SMILES string of the molecule is CN(C)CCCNC(=S)NNC(=O)Cn1nnc(-c2ccccc2)n1. The summed E-state index contributed by atoms with van der Waals surface area (Å²) < 4.78 is 0. The minimum absolute atomic E-state index is 0.0594. The summed E-state index contributed by atoms with van der Waals surface area (Å²) in [5, 5.41) is 15.4. The summed E-state index contributed by atoms with van der Waals surface area (Å²) in [5.41, 5.74) is 5.99. The molecule has 1 heterocycles. The largest absolute Gasteiger partial charge is 0.361 e. The van der Waals surface area contributed by atoms with Gasteiger partial charge in [0.2, 0.25) is 5.82 Å². The summed E-state index contributed by atoms with van der Waals surface area (Å²) >= 11 is 5.08. The Hall–Kier alpha value is -2.59. The molecular formula is C15H22N8OS. The topological polar surface area (TPSA) is 100 Å². The summed E-state index contributed by atoms with van der Waals surface area (Å²) in [6, 6.07) is 9.44. The molecule has 3 N–H and O–H groups in total. The summed E-state index contributed by atoms with van der Waals surface area (Å²) in [6.45, 7) is 1.63. The van der Waals surface area contributed by atoms with Crippen LogP contribution < -0.4 is 16.2 Å². The number of hydrogen-bond acceptors (Lipinski definition) is 6. The first-order valence-electron chi connectivity index (χ1n) is 7.85. The maximum atomic E-state index is 11.9. The molecule has 0 radical (unpaired) electrons. The molecule has 0 aliphatic carbocycles. The van der Waals surface area contributed by atoms with Crippen LogP contribution in [0.1, 0.15) is 6.42 Å². The zero-order chi connectivity index (χ0) is 18.1. The molecule has 10 heteroatoms. The van der Waals surface area contributed by atoms with Crippen molar-refractivity contribution in [3.05, 3.63) is 30.3 Å². The van der Waals surface area contributed by atoms with Crippen LogP contribution in [0.15, 0.2) is 30.3 Å². The monoisotopic (exact) mass is 362 g/mol. The molecule has 0 bridgehead atoms. The van der Waals surface area contributed by atoms with Crippen molar-refractivity contribution < 1.29 is 4.79 Å². The molecule has 0 atom stereocenters. The number of aromatic nitrogens is 4. The molecule has 0 fully saturated rings. The summed E-state index contributed by atoms with van der Waals surface area (Å²) in [5.74, 6) is 0.147. The maximum absolute atomic E-state index is 11.9. The standard InChI is InChI=1S/C15H22N8OS/c1-22(2)10-6-9-16-15(25)19-17-13(24)11-23-20-14(18-21-23)12-7-4-3-5-8-12/h3-5,7-8H,6,9-11H2,1-2H3,(H,17,24)(H2,16,19,25). The Balaban J connectivity index is 1.70. The van der Waals surface area contributed by atoms with Crippen LogP contribution in [0.3, 0.4) is 0 Å². The van der Waals surface area contributed by atoms with Crippen molar-refractivity contribution in [3.63, 3.8) is 0 Å². The number of tetrazole rings is 1. The highest BCUT2D eigenvalue weighted by molar-refractivity contribution is 7.80. The average Bonchev–Trinajstić information content (AvgIpc) is 3.06. The van der Waals surface area contributed by atoms with Gasteiger partial charge in [0.25, 0.3) is 5.91 Å². The Bertz CT molecular complexity index is 688. The molecule has 0 saturated carbocycles. The summed E-state index contributed by atoms with van der Waals surface area (Å²) in [6.07, 6.45) is 0.952. The fourth-order valence-corrected chi connectivity index (χ4v) is 2.10. The van der Waals surface area contributed by atoms with Gasteiger partial charge in [-0.2, -0.15) is 4.80 Å². The van der Waals surface area contributed by atoms with Gasteiger partial charge in [0.1, 0.15) is 6.54 Å². The number of amides is 1. The molecule has 0 aliphatic heterocycles. The number of nitrogens with one attached hydrogen (secondary N) is 3. The van der Waals surface area contributed by atoms with Crippen LogP contribution in [0.5, 0.6) is 0 Å². The lowest BCUT2D eigenvalue weighted by Crippen LogP contribution is -2.48. The van der Waals surface area contributed by atoms with Gasteiger partial charge in [0.05, 0.1) is 0 Å². The van der Waals surface area contributed by atoms with Crippen LogP contribution in [-0.2, 0) is 11.3 Å². The first-order chi connectivity index (χ1) is 12.0. The first-order valence-corrected chi connectivity index (χ1v) is 8.26. The lowest BCUT2D eigenvalue weighted by Gasteiger charge is -2.13. The Kier molecular flexibility index (Phi) is 7.23. The van der Waals surface area contributed by atoms with Crippen molar-refractivity contribution in [2.45, 2.75) is 13.0 Å². The highest BCUT2D eigenvalue weighted by Crippen LogP contribution is 2.11. The molecule has 134 valence electrons. The second-order valence-electron chi connectivity index (χ2n) is 5.60. The van der Waals surface area contributed by atoms with Crippen LogP contribution >= 0.6 is 12.2 Å². The van der Waals surface area contributed by atoms with E-state index in [-0.39, 0.29) is 12.5 Å². The molecule has 0 unspecified atom stereocenters. The van der Waals surface area contributed by atoms with E-state index in [0.717, 1.165) is 25.1 Å². The van der Waals surface area contributed by atoms with Crippen LogP contribution in [0.2, 0.25) is 0 Å². The quantitative estimate of drug-likeness (QED) is 0.353. The molecule has 25 heavy (non-hydrogen) atoms. The van der Waals surface area contributed by atoms with E-state index >= 15 is 0 Å². The minimum atomic E-state index is -0.325. The predicted octanol–water partition coefficient (Wildman–Crippen LogP) is -0.213. The molecule has 2 rings (SSSR count). The molecule has 1 aromatic carbocycles. The summed E-state index contributed by atoms with van der Waals surface area (Å²) in [4.78, 5) is 15.2. The number of benzene rings is 1. The van der Waals surface area contributed by atoms with Gasteiger partial charge < -0.3 is 10.2 Å². The summed E-state index contributed by atoms with van der Waals surface area (Å²) in [7, 11) is 4.02. The van der Waals surface area contributed by atoms with E-state index in [9.17, 15) is 4.79 Å². The van der Waals surface area contributed by atoms with Gasteiger partial charge in [-0.1, -0.05) is 30.3 Å². The van der Waals surface area contributed by atoms with Crippen LogP contribution in [0.25, 0.3) is 11.4 Å². The van der Waals surface area contributed by atoms with Gasteiger partial charge in [-0.15, -0.1) is 10.2 Å². The van der Waals surface area contributed by atoms with Crippen molar-refractivity contribution in [3.8, 4) is 11.4 Å². The molecule has 1 amide bonds. The fraction of sp³-hybridized carbons (Fsp3) is 0.400. The Morgan fingerprint density at radius 1 is 1.24 bits per heavy atom. The maximum Gasteiger partial charge on any atom is 0.262 e. The number of carbonyl (C=O) groups is 1. The van der Waals surface area contributed by atoms with Gasteiger partial charge in [-0.05, 0) is 44.5 Å². The predicted molar refractivity (Wildman–Crippen MR) is 98.3 cm³/mol. The van der Waals surface area contributed by atoms with Gasteiger partial charge in [0, 0.05) is 12.1 Å². The highest BCUT2D eigenvalue weighted by atomic mass is 32.1. The van der Waals surface area contributed by atoms with Crippen molar-refractivity contribution in [1.29, 1.82) is 0 Å². The number of hydrogen-bond donors (Lipinski definition) is 3. The van der Waals surface area contributed by atoms with Gasteiger partial charge in [-0.3, -0.25) is 15.6 Å². The van der Waals surface area contributed by atoms with Crippen molar-refractivity contribution >= 4 is 23.2 Å². The Morgan fingerprint density at radius 3 is 2.72 bits per heavy atom. The second-order valence-corrected chi connectivity index (χ2v) is 6.00. The molecule has 1 aromatic heterocycles. The second kappa shape index (κ2) is 9.64. The molecular weight excluding hydrogens is 340 g/mol. The van der Waals surface area contributed by atoms with E-state index in [1.807, 2.05) is 44.4 Å². The smallest absolute Gasteiger partial charge is 0.262 e. The zero-order valence-electron chi connectivity index (χ0n) is 14.3. The van der Waals surface area contributed by atoms with Crippen molar-refractivity contribution in [1.82, 2.24) is 41.3 Å². The van der Waals surface area contributed by atoms with E-state index < -0.39 is 0 Å². The van der Waals surface area contributed by atoms with Crippen LogP contribution in [-0.4, -0.2) is 63.3 Å². The number of rotatable bonds is 7. The molecule has 2 aromatic rings. The van der Waals surface area contributed by atoms with Crippen LogP contribution in [0, 0.1) is 0 Å². The third-order valence-corrected chi connectivity index (χ3v) is 3.40. The van der Waals surface area contributed by atoms with E-state index in [1.165, 1.54) is 4.80 Å².